The van der Waals surface area contributed by atoms with Crippen LogP contribution in [0.1, 0.15) is 43.0 Å². The summed E-state index contributed by atoms with van der Waals surface area (Å²) >= 11 is 1.45. The third-order valence-corrected chi connectivity index (χ3v) is 6.59. The van der Waals surface area contributed by atoms with Crippen LogP contribution in [0.25, 0.3) is 11.3 Å². The average molecular weight is 464 g/mol. The number of anilines is 1. The number of ketones is 1. The molecule has 3 aromatic rings. The summed E-state index contributed by atoms with van der Waals surface area (Å²) in [5, 5.41) is 3.67. The lowest BCUT2D eigenvalue weighted by molar-refractivity contribution is -0.116. The van der Waals surface area contributed by atoms with E-state index in [0.717, 1.165) is 48.8 Å². The Bertz CT molecular complexity index is 1070. The first-order chi connectivity index (χ1) is 16.1. The molecular formula is C26H29N3O3S. The van der Waals surface area contributed by atoms with Crippen LogP contribution in [0.5, 0.6) is 0 Å². The first-order valence-electron chi connectivity index (χ1n) is 11.4. The van der Waals surface area contributed by atoms with Crippen molar-refractivity contribution in [1.82, 2.24) is 9.55 Å². The van der Waals surface area contributed by atoms with Gasteiger partial charge in [-0.15, -0.1) is 0 Å². The van der Waals surface area contributed by atoms with Gasteiger partial charge in [0.2, 0.25) is 5.91 Å². The first kappa shape index (κ1) is 23.3. The number of nitrogens with zero attached hydrogens (tertiary/aromatic N) is 2. The maximum Gasteiger partial charge on any atom is 0.224 e. The minimum atomic E-state index is -0.0144. The van der Waals surface area contributed by atoms with Gasteiger partial charge in [-0.05, 0) is 49.1 Å². The quantitative estimate of drug-likeness (QED) is 0.320. The van der Waals surface area contributed by atoms with Gasteiger partial charge in [0.05, 0.1) is 30.3 Å². The Morgan fingerprint density at radius 3 is 2.64 bits per heavy atom. The second-order valence-electron chi connectivity index (χ2n) is 8.13. The van der Waals surface area contributed by atoms with Crippen molar-refractivity contribution in [2.24, 2.45) is 0 Å². The summed E-state index contributed by atoms with van der Waals surface area (Å²) in [7, 11) is 0. The van der Waals surface area contributed by atoms with Crippen molar-refractivity contribution in [2.75, 3.05) is 17.7 Å². The summed E-state index contributed by atoms with van der Waals surface area (Å²) in [6.45, 7) is 3.50. The number of imidazole rings is 1. The number of carbonyl (C=O) groups excluding carboxylic acids is 2. The lowest BCUT2D eigenvalue weighted by Gasteiger charge is -2.16. The minimum absolute atomic E-state index is 0.0144. The van der Waals surface area contributed by atoms with Crippen molar-refractivity contribution < 1.29 is 14.3 Å². The van der Waals surface area contributed by atoms with E-state index in [4.69, 9.17) is 4.74 Å². The normalized spacial score (nSPS) is 15.5. The number of aromatic nitrogens is 2. The zero-order valence-electron chi connectivity index (χ0n) is 18.8. The Morgan fingerprint density at radius 2 is 1.94 bits per heavy atom. The second-order valence-corrected chi connectivity index (χ2v) is 9.07. The summed E-state index contributed by atoms with van der Waals surface area (Å²) in [5.74, 6) is 0.303. The van der Waals surface area contributed by atoms with E-state index >= 15 is 0 Å². The van der Waals surface area contributed by atoms with Crippen molar-refractivity contribution in [3.05, 3.63) is 66.4 Å². The predicted molar refractivity (Wildman–Crippen MR) is 132 cm³/mol. The number of carbonyl (C=O) groups is 2. The molecule has 33 heavy (non-hydrogen) atoms. The van der Waals surface area contributed by atoms with Gasteiger partial charge in [0.25, 0.3) is 0 Å². The SMILES string of the molecule is CCCC(=O)Nc1ccc(C(=O)CSc2ncc(-c3ccccc3)n2CC2CCCO2)cc1. The number of amides is 1. The molecule has 1 aliphatic heterocycles. The second kappa shape index (κ2) is 11.3. The molecule has 2 aromatic carbocycles. The molecule has 1 amide bonds. The summed E-state index contributed by atoms with van der Waals surface area (Å²) in [6.07, 6.45) is 5.46. The standard InChI is InChI=1S/C26H29N3O3S/c1-2-7-25(31)28-21-13-11-20(12-14-21)24(30)18-33-26-27-16-23(19-8-4-3-5-9-19)29(26)17-22-10-6-15-32-22/h3-5,8-9,11-14,16,22H,2,6-7,10,15,17-18H2,1H3,(H,28,31). The summed E-state index contributed by atoms with van der Waals surface area (Å²) in [6, 6.07) is 17.3. The van der Waals surface area contributed by atoms with E-state index in [-0.39, 0.29) is 23.5 Å². The van der Waals surface area contributed by atoms with Gasteiger partial charge >= 0.3 is 0 Å². The van der Waals surface area contributed by atoms with Crippen molar-refractivity contribution in [3.63, 3.8) is 0 Å². The Morgan fingerprint density at radius 1 is 1.15 bits per heavy atom. The fourth-order valence-electron chi connectivity index (χ4n) is 3.89. The molecule has 0 spiro atoms. The molecule has 0 radical (unpaired) electrons. The highest BCUT2D eigenvalue weighted by molar-refractivity contribution is 7.99. The summed E-state index contributed by atoms with van der Waals surface area (Å²) in [5.41, 5.74) is 3.46. The number of Topliss-reactive ketones (excluding diaryl/α,β-unsaturated/α-hetero) is 1. The molecular weight excluding hydrogens is 434 g/mol. The highest BCUT2D eigenvalue weighted by Crippen LogP contribution is 2.28. The summed E-state index contributed by atoms with van der Waals surface area (Å²) in [4.78, 5) is 29.2. The molecule has 1 aromatic heterocycles. The molecule has 6 nitrogen and oxygen atoms in total. The average Bonchev–Trinajstić information content (AvgIpc) is 3.49. The van der Waals surface area contributed by atoms with E-state index in [2.05, 4.69) is 27.0 Å². The maximum absolute atomic E-state index is 12.8. The molecule has 1 aliphatic rings. The largest absolute Gasteiger partial charge is 0.376 e. The third-order valence-electron chi connectivity index (χ3n) is 5.60. The number of thioether (sulfide) groups is 1. The van der Waals surface area contributed by atoms with Crippen LogP contribution in [0.2, 0.25) is 0 Å². The van der Waals surface area contributed by atoms with E-state index in [1.807, 2.05) is 31.3 Å². The molecule has 4 rings (SSSR count). The lowest BCUT2D eigenvalue weighted by Crippen LogP contribution is -2.17. The van der Waals surface area contributed by atoms with Crippen LogP contribution >= 0.6 is 11.8 Å². The summed E-state index contributed by atoms with van der Waals surface area (Å²) < 4.78 is 8.04. The van der Waals surface area contributed by atoms with Crippen LogP contribution in [0.15, 0.2) is 66.0 Å². The highest BCUT2D eigenvalue weighted by Gasteiger charge is 2.21. The lowest BCUT2D eigenvalue weighted by atomic mass is 10.1. The number of nitrogens with one attached hydrogen (secondary N) is 1. The monoisotopic (exact) mass is 463 g/mol. The van der Waals surface area contributed by atoms with E-state index in [1.54, 1.807) is 24.3 Å². The molecule has 1 N–H and O–H groups in total. The number of hydrogen-bond acceptors (Lipinski definition) is 5. The van der Waals surface area contributed by atoms with Crippen molar-refractivity contribution in [1.29, 1.82) is 0 Å². The molecule has 2 heterocycles. The smallest absolute Gasteiger partial charge is 0.224 e. The molecule has 1 saturated heterocycles. The fraction of sp³-hybridized carbons (Fsp3) is 0.346. The van der Waals surface area contributed by atoms with Gasteiger partial charge in [0.15, 0.2) is 10.9 Å². The fourth-order valence-corrected chi connectivity index (χ4v) is 4.77. The van der Waals surface area contributed by atoms with E-state index < -0.39 is 0 Å². The van der Waals surface area contributed by atoms with Gasteiger partial charge in [-0.25, -0.2) is 4.98 Å². The molecule has 0 aliphatic carbocycles. The molecule has 0 saturated carbocycles. The Labute approximate surface area is 198 Å². The van der Waals surface area contributed by atoms with Crippen LogP contribution in [0.3, 0.4) is 0 Å². The number of hydrogen-bond donors (Lipinski definition) is 1. The zero-order chi connectivity index (χ0) is 23.0. The van der Waals surface area contributed by atoms with Crippen molar-refractivity contribution in [3.8, 4) is 11.3 Å². The molecule has 172 valence electrons. The molecule has 1 atom stereocenters. The third kappa shape index (κ3) is 6.12. The first-order valence-corrected chi connectivity index (χ1v) is 12.4. The van der Waals surface area contributed by atoms with Crippen LogP contribution in [0.4, 0.5) is 5.69 Å². The zero-order valence-corrected chi connectivity index (χ0v) is 19.6. The number of ether oxygens (including phenoxy) is 1. The maximum atomic E-state index is 12.8. The Hall–Kier alpha value is -2.90. The van der Waals surface area contributed by atoms with Crippen LogP contribution in [-0.2, 0) is 16.1 Å². The topological polar surface area (TPSA) is 73.2 Å². The molecule has 1 unspecified atom stereocenters. The predicted octanol–water partition coefficient (Wildman–Crippen LogP) is 5.44. The Kier molecular flexibility index (Phi) is 7.96. The molecule has 7 heteroatoms. The van der Waals surface area contributed by atoms with Gasteiger partial charge in [-0.1, -0.05) is 49.0 Å². The number of benzene rings is 2. The van der Waals surface area contributed by atoms with Gasteiger partial charge < -0.3 is 14.6 Å². The van der Waals surface area contributed by atoms with Gasteiger partial charge in [0.1, 0.15) is 0 Å². The van der Waals surface area contributed by atoms with Crippen LogP contribution in [-0.4, -0.2) is 39.7 Å². The molecule has 1 fully saturated rings. The molecule has 0 bridgehead atoms. The Balaban J connectivity index is 1.44. The van der Waals surface area contributed by atoms with Crippen molar-refractivity contribution >= 4 is 29.1 Å². The van der Waals surface area contributed by atoms with E-state index in [0.29, 0.717) is 17.7 Å². The van der Waals surface area contributed by atoms with Crippen LogP contribution in [0, 0.1) is 0 Å². The van der Waals surface area contributed by atoms with Crippen molar-refractivity contribution in [2.45, 2.75) is 50.4 Å². The van der Waals surface area contributed by atoms with Gasteiger partial charge in [0, 0.05) is 24.3 Å². The van der Waals surface area contributed by atoms with Gasteiger partial charge in [-0.2, -0.15) is 0 Å². The van der Waals surface area contributed by atoms with E-state index in [9.17, 15) is 9.59 Å². The van der Waals surface area contributed by atoms with Crippen LogP contribution < -0.4 is 5.32 Å². The van der Waals surface area contributed by atoms with Gasteiger partial charge in [-0.3, -0.25) is 9.59 Å². The highest BCUT2D eigenvalue weighted by atomic mass is 32.2. The minimum Gasteiger partial charge on any atom is -0.376 e. The van der Waals surface area contributed by atoms with E-state index in [1.165, 1.54) is 11.8 Å². The number of rotatable bonds is 10.